The van der Waals surface area contributed by atoms with Crippen molar-refractivity contribution in [3.63, 3.8) is 0 Å². The lowest BCUT2D eigenvalue weighted by atomic mass is 10.2. The molecule has 2 heterocycles. The van der Waals surface area contributed by atoms with E-state index < -0.39 is 15.9 Å². The van der Waals surface area contributed by atoms with E-state index in [1.54, 1.807) is 30.3 Å². The molecule has 0 saturated heterocycles. The van der Waals surface area contributed by atoms with Crippen molar-refractivity contribution in [1.82, 2.24) is 10.2 Å². The smallest absolute Gasteiger partial charge is 0.238 e. The van der Waals surface area contributed by atoms with Gasteiger partial charge in [-0.15, -0.1) is 10.2 Å². The Kier molecular flexibility index (Phi) is 4.88. The van der Waals surface area contributed by atoms with E-state index in [1.165, 1.54) is 33.4 Å². The molecule has 0 bridgehead atoms. The average molecular weight is 382 g/mol. The molecule has 1 atom stereocenters. The first-order valence-corrected chi connectivity index (χ1v) is 10.5. The van der Waals surface area contributed by atoms with Gasteiger partial charge in [0, 0.05) is 11.1 Å². The van der Waals surface area contributed by atoms with Crippen molar-refractivity contribution in [1.29, 1.82) is 0 Å². The maximum atomic E-state index is 12.7. The fourth-order valence-corrected chi connectivity index (χ4v) is 5.06. The summed E-state index contributed by atoms with van der Waals surface area (Å²) in [5, 5.41) is 9.08. The maximum Gasteiger partial charge on any atom is 0.238 e. The number of rotatable bonds is 5. The number of carbonyl (C=O) groups excluding carboxylic acids is 1. The molecule has 7 nitrogen and oxygen atoms in total. The lowest BCUT2D eigenvalue weighted by molar-refractivity contribution is -0.116. The van der Waals surface area contributed by atoms with Gasteiger partial charge in [0.2, 0.25) is 11.0 Å². The van der Waals surface area contributed by atoms with E-state index in [0.717, 1.165) is 0 Å². The number of nitrogens with zero attached hydrogens (tertiary/aromatic N) is 3. The van der Waals surface area contributed by atoms with E-state index in [4.69, 9.17) is 5.73 Å². The van der Waals surface area contributed by atoms with Gasteiger partial charge in [-0.3, -0.25) is 4.79 Å². The van der Waals surface area contributed by atoms with Gasteiger partial charge >= 0.3 is 0 Å². The van der Waals surface area contributed by atoms with Crippen LogP contribution in [0.4, 0.5) is 10.8 Å². The van der Waals surface area contributed by atoms with Gasteiger partial charge in [-0.05, 0) is 18.2 Å². The van der Waals surface area contributed by atoms with Gasteiger partial charge in [-0.25, -0.2) is 8.42 Å². The average Bonchev–Trinajstić information content (AvgIpc) is 3.12. The van der Waals surface area contributed by atoms with E-state index in [9.17, 15) is 13.2 Å². The summed E-state index contributed by atoms with van der Waals surface area (Å²) in [6, 6.07) is 8.51. The third kappa shape index (κ3) is 3.94. The minimum absolute atomic E-state index is 0.107. The number of para-hydroxylation sites is 1. The summed E-state index contributed by atoms with van der Waals surface area (Å²) in [6.45, 7) is 0. The summed E-state index contributed by atoms with van der Waals surface area (Å²) in [6.07, 6.45) is 1.55. The Morgan fingerprint density at radius 2 is 2.08 bits per heavy atom. The van der Waals surface area contributed by atoms with Gasteiger partial charge in [0.15, 0.2) is 14.2 Å². The number of sulfone groups is 1. The van der Waals surface area contributed by atoms with Crippen molar-refractivity contribution < 1.29 is 13.2 Å². The van der Waals surface area contributed by atoms with Gasteiger partial charge in [0.05, 0.1) is 17.5 Å². The van der Waals surface area contributed by atoms with Crippen molar-refractivity contribution in [2.45, 2.75) is 10.4 Å². The number of amides is 1. The van der Waals surface area contributed by atoms with Crippen LogP contribution in [0.15, 0.2) is 46.2 Å². The summed E-state index contributed by atoms with van der Waals surface area (Å²) >= 11 is 2.44. The first-order chi connectivity index (χ1) is 11.4. The predicted octanol–water partition coefficient (Wildman–Crippen LogP) is 1.56. The molecule has 24 heavy (non-hydrogen) atoms. The fraction of sp³-hybridized carbons (Fsp3) is 0.214. The van der Waals surface area contributed by atoms with Crippen LogP contribution in [0.1, 0.15) is 0 Å². The molecule has 1 aromatic heterocycles. The SMILES string of the molecule is Nc1nnc(SCC(=O)N(c2ccccc2)[C@H]2C=CS(=O)(=O)C2)s1. The zero-order valence-electron chi connectivity index (χ0n) is 12.4. The number of hydrogen-bond donors (Lipinski definition) is 1. The molecule has 126 valence electrons. The molecule has 0 saturated carbocycles. The van der Waals surface area contributed by atoms with Crippen LogP contribution in [0.3, 0.4) is 0 Å². The van der Waals surface area contributed by atoms with Crippen LogP contribution in [-0.2, 0) is 14.6 Å². The van der Waals surface area contributed by atoms with Crippen LogP contribution in [0, 0.1) is 0 Å². The minimum Gasteiger partial charge on any atom is -0.374 e. The number of benzene rings is 1. The molecule has 0 radical (unpaired) electrons. The molecule has 1 aliphatic rings. The number of anilines is 2. The number of hydrogen-bond acceptors (Lipinski definition) is 8. The largest absolute Gasteiger partial charge is 0.374 e. The molecule has 0 fully saturated rings. The maximum absolute atomic E-state index is 12.7. The minimum atomic E-state index is -3.26. The number of aromatic nitrogens is 2. The van der Waals surface area contributed by atoms with Gasteiger partial charge in [0.1, 0.15) is 0 Å². The molecule has 2 aromatic rings. The molecule has 10 heteroatoms. The summed E-state index contributed by atoms with van der Waals surface area (Å²) in [5.41, 5.74) is 6.18. The Morgan fingerprint density at radius 1 is 1.33 bits per heavy atom. The van der Waals surface area contributed by atoms with Crippen LogP contribution in [-0.4, -0.2) is 42.1 Å². The highest BCUT2D eigenvalue weighted by Crippen LogP contribution is 2.27. The normalized spacial score (nSPS) is 18.6. The Bertz CT molecular complexity index is 864. The molecule has 3 rings (SSSR count). The van der Waals surface area contributed by atoms with Gasteiger partial charge in [-0.2, -0.15) is 0 Å². The highest BCUT2D eigenvalue weighted by molar-refractivity contribution is 8.01. The Hall–Kier alpha value is -1.91. The molecule has 0 spiro atoms. The Morgan fingerprint density at radius 3 is 2.67 bits per heavy atom. The number of thioether (sulfide) groups is 1. The monoisotopic (exact) mass is 382 g/mol. The number of nitrogens with two attached hydrogens (primary N) is 1. The quantitative estimate of drug-likeness (QED) is 0.782. The topological polar surface area (TPSA) is 106 Å². The van der Waals surface area contributed by atoms with Gasteiger partial charge < -0.3 is 10.6 Å². The second-order valence-electron chi connectivity index (χ2n) is 5.02. The second-order valence-corrected chi connectivity index (χ2v) is 9.18. The molecule has 0 unspecified atom stereocenters. The third-order valence-electron chi connectivity index (χ3n) is 3.29. The number of nitrogen functional groups attached to an aromatic ring is 1. The standard InChI is InChI=1S/C14H14N4O3S3/c15-13-16-17-14(23-13)22-8-12(19)18(10-4-2-1-3-5-10)11-6-7-24(20,21)9-11/h1-7,11H,8-9H2,(H2,15,16)/t11-/m0/s1. The van der Waals surface area contributed by atoms with Crippen LogP contribution in [0.25, 0.3) is 0 Å². The summed E-state index contributed by atoms with van der Waals surface area (Å²) in [7, 11) is -3.26. The first kappa shape index (κ1) is 16.9. The lowest BCUT2D eigenvalue weighted by Crippen LogP contribution is -2.42. The molecule has 1 aromatic carbocycles. The number of carbonyl (C=O) groups is 1. The first-order valence-electron chi connectivity index (χ1n) is 6.94. The zero-order chi connectivity index (χ0) is 17.2. The summed E-state index contributed by atoms with van der Waals surface area (Å²) in [5.74, 6) is -0.190. The van der Waals surface area contributed by atoms with Crippen molar-refractivity contribution in [2.75, 3.05) is 22.1 Å². The third-order valence-corrected chi connectivity index (χ3v) is 6.54. The fourth-order valence-electron chi connectivity index (χ4n) is 2.30. The van der Waals surface area contributed by atoms with Crippen molar-refractivity contribution in [3.05, 3.63) is 41.8 Å². The molecule has 1 aliphatic heterocycles. The van der Waals surface area contributed by atoms with Gasteiger partial charge in [0.25, 0.3) is 0 Å². The van der Waals surface area contributed by atoms with Crippen LogP contribution in [0.5, 0.6) is 0 Å². The van der Waals surface area contributed by atoms with E-state index in [0.29, 0.717) is 15.2 Å². The summed E-state index contributed by atoms with van der Waals surface area (Å²) in [4.78, 5) is 14.2. The van der Waals surface area contributed by atoms with Crippen LogP contribution >= 0.6 is 23.1 Å². The molecule has 0 aliphatic carbocycles. The second kappa shape index (κ2) is 6.91. The highest BCUT2D eigenvalue weighted by atomic mass is 32.2. The molecular formula is C14H14N4O3S3. The van der Waals surface area contributed by atoms with Crippen molar-refractivity contribution in [3.8, 4) is 0 Å². The highest BCUT2D eigenvalue weighted by Gasteiger charge is 2.31. The van der Waals surface area contributed by atoms with Crippen LogP contribution < -0.4 is 10.6 Å². The van der Waals surface area contributed by atoms with E-state index in [2.05, 4.69) is 10.2 Å². The van der Waals surface area contributed by atoms with Crippen molar-refractivity contribution >= 4 is 49.7 Å². The van der Waals surface area contributed by atoms with E-state index in [1.807, 2.05) is 6.07 Å². The van der Waals surface area contributed by atoms with Crippen LogP contribution in [0.2, 0.25) is 0 Å². The Balaban J connectivity index is 1.79. The Labute approximate surface area is 147 Å². The lowest BCUT2D eigenvalue weighted by Gasteiger charge is -2.27. The molecule has 2 N–H and O–H groups in total. The van der Waals surface area contributed by atoms with Gasteiger partial charge in [-0.1, -0.05) is 41.3 Å². The van der Waals surface area contributed by atoms with E-state index in [-0.39, 0.29) is 17.4 Å². The van der Waals surface area contributed by atoms with E-state index >= 15 is 0 Å². The molecular weight excluding hydrogens is 368 g/mol. The molecule has 1 amide bonds. The summed E-state index contributed by atoms with van der Waals surface area (Å²) < 4.78 is 24.0. The predicted molar refractivity (Wildman–Crippen MR) is 95.7 cm³/mol. The zero-order valence-corrected chi connectivity index (χ0v) is 14.9. The van der Waals surface area contributed by atoms with Crippen molar-refractivity contribution in [2.24, 2.45) is 0 Å².